The van der Waals surface area contributed by atoms with Gasteiger partial charge in [0, 0.05) is 20.0 Å². The van der Waals surface area contributed by atoms with E-state index in [9.17, 15) is 4.79 Å². The van der Waals surface area contributed by atoms with Gasteiger partial charge in [-0.1, -0.05) is 24.7 Å². The molecule has 1 atom stereocenters. The molecule has 15 heavy (non-hydrogen) atoms. The molecule has 1 aliphatic rings. The summed E-state index contributed by atoms with van der Waals surface area (Å²) >= 11 is 1.52. The monoisotopic (exact) mass is 224 g/mol. The molecule has 0 bridgehead atoms. The highest BCUT2D eigenvalue weighted by atomic mass is 32.1. The van der Waals surface area contributed by atoms with Gasteiger partial charge in [0.1, 0.15) is 0 Å². The van der Waals surface area contributed by atoms with E-state index in [0.29, 0.717) is 0 Å². The van der Waals surface area contributed by atoms with Crippen LogP contribution in [0.15, 0.2) is 6.20 Å². The predicted octanol–water partition coefficient (Wildman–Crippen LogP) is 2.58. The molecule has 0 radical (unpaired) electrons. The molecule has 1 aromatic heterocycles. The van der Waals surface area contributed by atoms with Crippen molar-refractivity contribution in [3.05, 3.63) is 11.1 Å². The van der Waals surface area contributed by atoms with E-state index in [0.717, 1.165) is 29.0 Å². The van der Waals surface area contributed by atoms with E-state index in [1.807, 2.05) is 0 Å². The van der Waals surface area contributed by atoms with Crippen molar-refractivity contribution in [3.63, 3.8) is 0 Å². The number of hydrogen-bond acceptors (Lipinski definition) is 4. The Morgan fingerprint density at radius 2 is 2.53 bits per heavy atom. The van der Waals surface area contributed by atoms with Crippen LogP contribution in [0.1, 0.15) is 36.4 Å². The second-order valence-corrected chi connectivity index (χ2v) is 5.08. The Hall–Kier alpha value is -0.900. The fourth-order valence-corrected chi connectivity index (χ4v) is 2.76. The number of carbonyl (C=O) groups excluding carboxylic acids is 1. The van der Waals surface area contributed by atoms with Gasteiger partial charge in [-0.25, -0.2) is 4.98 Å². The summed E-state index contributed by atoms with van der Waals surface area (Å²) in [4.78, 5) is 18.5. The maximum absolute atomic E-state index is 11.1. The van der Waals surface area contributed by atoms with Crippen molar-refractivity contribution in [1.29, 1.82) is 0 Å². The van der Waals surface area contributed by atoms with Crippen molar-refractivity contribution in [1.82, 2.24) is 4.98 Å². The van der Waals surface area contributed by atoms with Crippen molar-refractivity contribution in [2.24, 2.45) is 5.92 Å². The topological polar surface area (TPSA) is 33.2 Å². The van der Waals surface area contributed by atoms with Gasteiger partial charge in [0.2, 0.25) is 0 Å². The Balaban J connectivity index is 2.07. The summed E-state index contributed by atoms with van der Waals surface area (Å²) in [6, 6.07) is 0. The minimum atomic E-state index is 0.116. The van der Waals surface area contributed by atoms with Crippen molar-refractivity contribution < 1.29 is 4.79 Å². The molecule has 1 fully saturated rings. The molecule has 1 saturated heterocycles. The Morgan fingerprint density at radius 3 is 3.07 bits per heavy atom. The lowest BCUT2D eigenvalue weighted by Crippen LogP contribution is -2.18. The lowest BCUT2D eigenvalue weighted by atomic mass is 10.1. The van der Waals surface area contributed by atoms with Crippen LogP contribution in [-0.2, 0) is 0 Å². The van der Waals surface area contributed by atoms with Crippen molar-refractivity contribution in [2.75, 3.05) is 18.0 Å². The third-order valence-electron chi connectivity index (χ3n) is 2.97. The van der Waals surface area contributed by atoms with E-state index in [1.54, 1.807) is 13.1 Å². The molecule has 82 valence electrons. The lowest BCUT2D eigenvalue weighted by Gasteiger charge is -2.13. The zero-order chi connectivity index (χ0) is 10.8. The van der Waals surface area contributed by atoms with Crippen molar-refractivity contribution in [2.45, 2.75) is 26.7 Å². The number of rotatable bonds is 3. The molecular weight excluding hydrogens is 208 g/mol. The number of carbonyl (C=O) groups is 1. The number of aromatic nitrogens is 1. The first-order valence-electron chi connectivity index (χ1n) is 5.42. The van der Waals surface area contributed by atoms with E-state index in [2.05, 4.69) is 16.8 Å². The predicted molar refractivity (Wildman–Crippen MR) is 62.7 cm³/mol. The van der Waals surface area contributed by atoms with Gasteiger partial charge in [0.05, 0.1) is 11.1 Å². The molecule has 4 heteroatoms. The fraction of sp³-hybridized carbons (Fsp3) is 0.636. The first-order valence-corrected chi connectivity index (χ1v) is 6.24. The average molecular weight is 224 g/mol. The van der Waals surface area contributed by atoms with Gasteiger partial charge < -0.3 is 4.90 Å². The van der Waals surface area contributed by atoms with E-state index < -0.39 is 0 Å². The fourth-order valence-electron chi connectivity index (χ4n) is 1.91. The zero-order valence-electron chi connectivity index (χ0n) is 9.19. The van der Waals surface area contributed by atoms with Crippen LogP contribution in [0.4, 0.5) is 5.13 Å². The highest BCUT2D eigenvalue weighted by Gasteiger charge is 2.23. The van der Waals surface area contributed by atoms with E-state index in [4.69, 9.17) is 0 Å². The first-order chi connectivity index (χ1) is 7.20. The summed E-state index contributed by atoms with van der Waals surface area (Å²) in [5.41, 5.74) is 0. The largest absolute Gasteiger partial charge is 0.348 e. The number of Topliss-reactive ketones (excluding diaryl/α,β-unsaturated/α-hetero) is 1. The van der Waals surface area contributed by atoms with Crippen LogP contribution < -0.4 is 4.90 Å². The Labute approximate surface area is 94.1 Å². The van der Waals surface area contributed by atoms with E-state index >= 15 is 0 Å². The molecule has 2 heterocycles. The second-order valence-electron chi connectivity index (χ2n) is 4.07. The molecule has 1 aromatic rings. The highest BCUT2D eigenvalue weighted by molar-refractivity contribution is 7.17. The molecule has 0 saturated carbocycles. The summed E-state index contributed by atoms with van der Waals surface area (Å²) < 4.78 is 0. The number of ketones is 1. The minimum Gasteiger partial charge on any atom is -0.348 e. The lowest BCUT2D eigenvalue weighted by molar-refractivity contribution is 0.102. The summed E-state index contributed by atoms with van der Waals surface area (Å²) in [6.45, 7) is 6.01. The molecule has 0 amide bonds. The standard InChI is InChI=1S/C11H16N2OS/c1-3-9-4-5-13(7-9)11-12-6-10(15-11)8(2)14/h6,9H,3-5,7H2,1-2H3. The third-order valence-corrected chi connectivity index (χ3v) is 4.13. The Bertz CT molecular complexity index is 361. The molecule has 3 nitrogen and oxygen atoms in total. The van der Waals surface area contributed by atoms with Gasteiger partial charge >= 0.3 is 0 Å². The van der Waals surface area contributed by atoms with E-state index in [-0.39, 0.29) is 5.78 Å². The first kappa shape index (κ1) is 10.6. The zero-order valence-corrected chi connectivity index (χ0v) is 10.0. The molecular formula is C11H16N2OS. The molecule has 1 unspecified atom stereocenters. The minimum absolute atomic E-state index is 0.116. The molecule has 1 aliphatic heterocycles. The molecule has 0 N–H and O–H groups in total. The van der Waals surface area contributed by atoms with Gasteiger partial charge in [-0.3, -0.25) is 4.79 Å². The summed E-state index contributed by atoms with van der Waals surface area (Å²) in [7, 11) is 0. The van der Waals surface area contributed by atoms with Crippen LogP contribution in [0.5, 0.6) is 0 Å². The summed E-state index contributed by atoms with van der Waals surface area (Å²) in [6.07, 6.45) is 4.19. The molecule has 0 spiro atoms. The van der Waals surface area contributed by atoms with Crippen LogP contribution in [0.3, 0.4) is 0 Å². The molecule has 0 aromatic carbocycles. The average Bonchev–Trinajstić information content (AvgIpc) is 2.86. The van der Waals surface area contributed by atoms with Crippen LogP contribution in [-0.4, -0.2) is 23.9 Å². The van der Waals surface area contributed by atoms with Crippen LogP contribution in [0, 0.1) is 5.92 Å². The number of nitrogens with zero attached hydrogens (tertiary/aromatic N) is 2. The number of thiazole rings is 1. The normalized spacial score (nSPS) is 20.9. The van der Waals surface area contributed by atoms with Gasteiger partial charge in [0.15, 0.2) is 10.9 Å². The Morgan fingerprint density at radius 1 is 1.73 bits per heavy atom. The van der Waals surface area contributed by atoms with Crippen LogP contribution in [0.2, 0.25) is 0 Å². The maximum atomic E-state index is 11.1. The summed E-state index contributed by atoms with van der Waals surface area (Å²) in [5, 5.41) is 1.01. The Kier molecular flexibility index (Phi) is 3.05. The van der Waals surface area contributed by atoms with Gasteiger partial charge in [-0.05, 0) is 12.3 Å². The van der Waals surface area contributed by atoms with Crippen molar-refractivity contribution >= 4 is 22.3 Å². The smallest absolute Gasteiger partial charge is 0.185 e. The second kappa shape index (κ2) is 4.31. The van der Waals surface area contributed by atoms with Gasteiger partial charge in [0.25, 0.3) is 0 Å². The number of anilines is 1. The quantitative estimate of drug-likeness (QED) is 0.740. The summed E-state index contributed by atoms with van der Waals surface area (Å²) in [5.74, 6) is 0.916. The highest BCUT2D eigenvalue weighted by Crippen LogP contribution is 2.29. The van der Waals surface area contributed by atoms with Gasteiger partial charge in [-0.2, -0.15) is 0 Å². The van der Waals surface area contributed by atoms with Crippen LogP contribution in [0.25, 0.3) is 0 Å². The van der Waals surface area contributed by atoms with Gasteiger partial charge in [-0.15, -0.1) is 0 Å². The van der Waals surface area contributed by atoms with Crippen molar-refractivity contribution in [3.8, 4) is 0 Å². The van der Waals surface area contributed by atoms with Crippen LogP contribution >= 0.6 is 11.3 Å². The molecule has 2 rings (SSSR count). The number of hydrogen-bond donors (Lipinski definition) is 0. The maximum Gasteiger partial charge on any atom is 0.185 e. The van der Waals surface area contributed by atoms with E-state index in [1.165, 1.54) is 24.2 Å². The SMILES string of the molecule is CCC1CCN(c2ncc(C(C)=O)s2)C1. The molecule has 0 aliphatic carbocycles. The third kappa shape index (κ3) is 2.20.